The Labute approximate surface area is 87.4 Å². The summed E-state index contributed by atoms with van der Waals surface area (Å²) < 4.78 is 4.61. The number of benzene rings is 1. The van der Waals surface area contributed by atoms with Crippen LogP contribution in [0.2, 0.25) is 0 Å². The van der Waals surface area contributed by atoms with Gasteiger partial charge >= 0.3 is 6.09 Å². The third kappa shape index (κ3) is 1.98. The first kappa shape index (κ1) is 9.71. The molecular weight excluding hydrogens is 194 g/mol. The van der Waals surface area contributed by atoms with Crippen LogP contribution in [0.5, 0.6) is 0 Å². The van der Waals surface area contributed by atoms with E-state index in [1.807, 2.05) is 31.2 Å². The van der Waals surface area contributed by atoms with E-state index in [0.29, 0.717) is 0 Å². The molecule has 4 nitrogen and oxygen atoms in total. The average molecular weight is 205 g/mol. The highest BCUT2D eigenvalue weighted by molar-refractivity contribution is 5.97. The molecule has 1 aromatic rings. The Bertz CT molecular complexity index is 381. The molecule has 0 saturated carbocycles. The van der Waals surface area contributed by atoms with Gasteiger partial charge in [0.25, 0.3) is 5.91 Å². The molecule has 0 N–H and O–H groups in total. The quantitative estimate of drug-likeness (QED) is 0.734. The lowest BCUT2D eigenvalue weighted by atomic mass is 10.1. The minimum atomic E-state index is -0.555. The van der Waals surface area contributed by atoms with Gasteiger partial charge in [0, 0.05) is 0 Å². The van der Waals surface area contributed by atoms with E-state index in [9.17, 15) is 9.59 Å². The van der Waals surface area contributed by atoms with Gasteiger partial charge in [-0.3, -0.25) is 4.79 Å². The van der Waals surface area contributed by atoms with Gasteiger partial charge < -0.3 is 4.74 Å². The fraction of sp³-hybridized carbons (Fsp3) is 0.273. The summed E-state index contributed by atoms with van der Waals surface area (Å²) in [6.45, 7) is 2.14. The number of amides is 2. The second-order valence-corrected chi connectivity index (χ2v) is 3.52. The number of imide groups is 1. The predicted molar refractivity (Wildman–Crippen MR) is 53.1 cm³/mol. The number of aryl methyl sites for hydroxylation is 1. The summed E-state index contributed by atoms with van der Waals surface area (Å²) in [6.07, 6.45) is -0.555. The van der Waals surface area contributed by atoms with Crippen molar-refractivity contribution in [3.8, 4) is 0 Å². The maximum absolute atomic E-state index is 11.2. The number of ether oxygens (including phenoxy) is 1. The molecular formula is C11H11NO3. The third-order valence-electron chi connectivity index (χ3n) is 2.30. The van der Waals surface area contributed by atoms with Crippen LogP contribution in [0.25, 0.3) is 0 Å². The second kappa shape index (κ2) is 3.73. The number of hydrogen-bond acceptors (Lipinski definition) is 3. The largest absolute Gasteiger partial charge is 0.439 e. The molecule has 1 aliphatic rings. The van der Waals surface area contributed by atoms with E-state index in [-0.39, 0.29) is 19.1 Å². The Hall–Kier alpha value is -1.84. The maximum atomic E-state index is 11.2. The molecule has 1 aromatic carbocycles. The zero-order chi connectivity index (χ0) is 10.8. The monoisotopic (exact) mass is 205 g/mol. The number of carbonyl (C=O) groups excluding carboxylic acids is 2. The Morgan fingerprint density at radius 1 is 1.27 bits per heavy atom. The highest BCUT2D eigenvalue weighted by Gasteiger charge is 2.30. The van der Waals surface area contributed by atoms with E-state index < -0.39 is 6.09 Å². The van der Waals surface area contributed by atoms with Crippen molar-refractivity contribution in [3.63, 3.8) is 0 Å². The first-order chi connectivity index (χ1) is 7.16. The van der Waals surface area contributed by atoms with Crippen molar-refractivity contribution >= 4 is 12.0 Å². The topological polar surface area (TPSA) is 46.6 Å². The van der Waals surface area contributed by atoms with Crippen molar-refractivity contribution < 1.29 is 14.3 Å². The average Bonchev–Trinajstić information content (AvgIpc) is 2.53. The Kier molecular flexibility index (Phi) is 2.41. The minimum Gasteiger partial charge on any atom is -0.439 e. The van der Waals surface area contributed by atoms with Crippen LogP contribution >= 0.6 is 0 Å². The minimum absolute atomic E-state index is 0.134. The number of hydrogen-bond donors (Lipinski definition) is 0. The summed E-state index contributed by atoms with van der Waals surface area (Å²) in [4.78, 5) is 23.5. The van der Waals surface area contributed by atoms with Gasteiger partial charge in [0.1, 0.15) is 0 Å². The van der Waals surface area contributed by atoms with Gasteiger partial charge in [0.15, 0.2) is 6.61 Å². The van der Waals surface area contributed by atoms with E-state index in [1.54, 1.807) is 0 Å². The molecule has 1 fully saturated rings. The molecule has 0 spiro atoms. The fourth-order valence-corrected chi connectivity index (χ4v) is 1.41. The molecule has 0 aliphatic carbocycles. The summed E-state index contributed by atoms with van der Waals surface area (Å²) in [6, 6.07) is 7.69. The molecule has 1 aliphatic heterocycles. The Morgan fingerprint density at radius 3 is 2.47 bits per heavy atom. The van der Waals surface area contributed by atoms with Gasteiger partial charge in [-0.05, 0) is 12.5 Å². The number of carbonyl (C=O) groups is 2. The first-order valence-electron chi connectivity index (χ1n) is 4.69. The highest BCUT2D eigenvalue weighted by atomic mass is 16.6. The van der Waals surface area contributed by atoms with Crippen LogP contribution in [0.1, 0.15) is 11.1 Å². The summed E-state index contributed by atoms with van der Waals surface area (Å²) in [5, 5.41) is 0. The van der Waals surface area contributed by atoms with Gasteiger partial charge in [-0.1, -0.05) is 29.8 Å². The third-order valence-corrected chi connectivity index (χ3v) is 2.30. The molecule has 1 heterocycles. The van der Waals surface area contributed by atoms with Gasteiger partial charge in [-0.25, -0.2) is 9.69 Å². The van der Waals surface area contributed by atoms with Crippen molar-refractivity contribution in [2.75, 3.05) is 6.61 Å². The smallest absolute Gasteiger partial charge is 0.417 e. The molecule has 0 unspecified atom stereocenters. The molecule has 0 aromatic heterocycles. The molecule has 15 heavy (non-hydrogen) atoms. The van der Waals surface area contributed by atoms with E-state index in [0.717, 1.165) is 16.0 Å². The van der Waals surface area contributed by atoms with E-state index in [4.69, 9.17) is 0 Å². The standard InChI is InChI=1S/C11H11NO3/c1-8-2-4-9(5-3-8)6-12-10(13)7-15-11(12)14/h2-5H,6-7H2,1H3. The molecule has 78 valence electrons. The summed E-state index contributed by atoms with van der Waals surface area (Å²) in [5.41, 5.74) is 2.07. The lowest BCUT2D eigenvalue weighted by Gasteiger charge is -2.10. The first-order valence-corrected chi connectivity index (χ1v) is 4.69. The molecule has 0 atom stereocenters. The van der Waals surface area contributed by atoms with Gasteiger partial charge in [0.05, 0.1) is 6.54 Å². The van der Waals surface area contributed by atoms with Gasteiger partial charge in [-0.2, -0.15) is 0 Å². The molecule has 0 radical (unpaired) electrons. The number of cyclic esters (lactones) is 1. The zero-order valence-corrected chi connectivity index (χ0v) is 8.40. The lowest BCUT2D eigenvalue weighted by molar-refractivity contribution is -0.126. The molecule has 2 amide bonds. The Balaban J connectivity index is 2.11. The molecule has 1 saturated heterocycles. The van der Waals surface area contributed by atoms with Crippen molar-refractivity contribution in [3.05, 3.63) is 35.4 Å². The predicted octanol–water partition coefficient (Wildman–Crippen LogP) is 1.47. The SMILES string of the molecule is Cc1ccc(CN2C(=O)COC2=O)cc1. The fourth-order valence-electron chi connectivity index (χ4n) is 1.41. The van der Waals surface area contributed by atoms with Crippen LogP contribution in [0, 0.1) is 6.92 Å². The summed E-state index contributed by atoms with van der Waals surface area (Å²) >= 11 is 0. The van der Waals surface area contributed by atoms with E-state index in [2.05, 4.69) is 4.74 Å². The van der Waals surface area contributed by atoms with Crippen LogP contribution in [-0.4, -0.2) is 23.5 Å². The van der Waals surface area contributed by atoms with Crippen LogP contribution in [0.15, 0.2) is 24.3 Å². The van der Waals surface area contributed by atoms with Crippen molar-refractivity contribution in [1.29, 1.82) is 0 Å². The second-order valence-electron chi connectivity index (χ2n) is 3.52. The van der Waals surface area contributed by atoms with Crippen molar-refractivity contribution in [2.24, 2.45) is 0 Å². The van der Waals surface area contributed by atoms with Gasteiger partial charge in [-0.15, -0.1) is 0 Å². The van der Waals surface area contributed by atoms with Crippen LogP contribution < -0.4 is 0 Å². The molecule has 0 bridgehead atoms. The lowest BCUT2D eigenvalue weighted by Crippen LogP contribution is -2.28. The van der Waals surface area contributed by atoms with E-state index >= 15 is 0 Å². The van der Waals surface area contributed by atoms with Crippen LogP contribution in [-0.2, 0) is 16.1 Å². The van der Waals surface area contributed by atoms with E-state index in [1.165, 1.54) is 0 Å². The normalized spacial score (nSPS) is 15.7. The molecule has 2 rings (SSSR count). The van der Waals surface area contributed by atoms with Gasteiger partial charge in [0.2, 0.25) is 0 Å². The summed E-state index contributed by atoms with van der Waals surface area (Å²) in [5.74, 6) is -0.277. The van der Waals surface area contributed by atoms with Crippen LogP contribution in [0.4, 0.5) is 4.79 Å². The maximum Gasteiger partial charge on any atom is 0.417 e. The summed E-state index contributed by atoms with van der Waals surface area (Å²) in [7, 11) is 0. The molecule has 4 heteroatoms. The van der Waals surface area contributed by atoms with Crippen LogP contribution in [0.3, 0.4) is 0 Å². The van der Waals surface area contributed by atoms with Crippen molar-refractivity contribution in [1.82, 2.24) is 4.90 Å². The zero-order valence-electron chi connectivity index (χ0n) is 8.40. The number of rotatable bonds is 2. The number of nitrogens with zero attached hydrogens (tertiary/aromatic N) is 1. The van der Waals surface area contributed by atoms with Crippen molar-refractivity contribution in [2.45, 2.75) is 13.5 Å². The Morgan fingerprint density at radius 2 is 1.93 bits per heavy atom. The highest BCUT2D eigenvalue weighted by Crippen LogP contribution is 2.12.